The molecule has 1 nitrogen and oxygen atoms in total. The van der Waals surface area contributed by atoms with Gasteiger partial charge in [0.05, 0.1) is 14.9 Å². The van der Waals surface area contributed by atoms with Crippen LogP contribution in [0.4, 0.5) is 4.39 Å². The normalized spacial score (nSPS) is 12.8. The van der Waals surface area contributed by atoms with Crippen molar-refractivity contribution in [2.75, 3.05) is 0 Å². The molecule has 1 aromatic carbocycles. The van der Waals surface area contributed by atoms with E-state index in [1.807, 2.05) is 11.4 Å². The maximum Gasteiger partial charge on any atom is 0.129 e. The van der Waals surface area contributed by atoms with Crippen LogP contribution in [0, 0.1) is 5.82 Å². The first kappa shape index (κ1) is 13.5. The quantitative estimate of drug-likeness (QED) is 0.698. The van der Waals surface area contributed by atoms with Crippen LogP contribution in [-0.4, -0.2) is 0 Å². The SMILES string of the molecule is NC(c1csc(Br)c1)c1cc(Cl)c(Br)cc1F. The molecule has 17 heavy (non-hydrogen) atoms. The van der Waals surface area contributed by atoms with Crippen molar-refractivity contribution in [2.24, 2.45) is 5.73 Å². The van der Waals surface area contributed by atoms with Gasteiger partial charge in [0.2, 0.25) is 0 Å². The highest BCUT2D eigenvalue weighted by atomic mass is 79.9. The molecule has 1 aromatic heterocycles. The molecule has 0 spiro atoms. The van der Waals surface area contributed by atoms with E-state index in [0.29, 0.717) is 15.1 Å². The average molecular weight is 400 g/mol. The third kappa shape index (κ3) is 2.90. The fourth-order valence-electron chi connectivity index (χ4n) is 1.44. The summed E-state index contributed by atoms with van der Waals surface area (Å²) in [5.41, 5.74) is 7.27. The highest BCUT2D eigenvalue weighted by molar-refractivity contribution is 9.11. The van der Waals surface area contributed by atoms with E-state index in [0.717, 1.165) is 9.35 Å². The van der Waals surface area contributed by atoms with Crippen molar-refractivity contribution in [3.05, 3.63) is 53.8 Å². The Kier molecular flexibility index (Phi) is 4.26. The van der Waals surface area contributed by atoms with Crippen molar-refractivity contribution in [1.29, 1.82) is 0 Å². The maximum absolute atomic E-state index is 13.8. The summed E-state index contributed by atoms with van der Waals surface area (Å²) in [5, 5.41) is 2.34. The Morgan fingerprint density at radius 3 is 2.59 bits per heavy atom. The zero-order valence-electron chi connectivity index (χ0n) is 8.38. The summed E-state index contributed by atoms with van der Waals surface area (Å²) in [5.74, 6) is -0.365. The Morgan fingerprint density at radius 2 is 2.00 bits per heavy atom. The van der Waals surface area contributed by atoms with Gasteiger partial charge in [-0.05, 0) is 61.0 Å². The largest absolute Gasteiger partial charge is 0.320 e. The van der Waals surface area contributed by atoms with Crippen LogP contribution in [0.2, 0.25) is 5.02 Å². The lowest BCUT2D eigenvalue weighted by Crippen LogP contribution is -2.12. The van der Waals surface area contributed by atoms with Gasteiger partial charge in [-0.1, -0.05) is 11.6 Å². The van der Waals surface area contributed by atoms with Gasteiger partial charge in [-0.25, -0.2) is 4.39 Å². The zero-order chi connectivity index (χ0) is 12.6. The van der Waals surface area contributed by atoms with Crippen LogP contribution >= 0.6 is 54.8 Å². The zero-order valence-corrected chi connectivity index (χ0v) is 13.1. The Morgan fingerprint density at radius 1 is 1.29 bits per heavy atom. The molecule has 0 saturated carbocycles. The maximum atomic E-state index is 13.8. The van der Waals surface area contributed by atoms with E-state index in [1.165, 1.54) is 17.4 Å². The van der Waals surface area contributed by atoms with Gasteiger partial charge >= 0.3 is 0 Å². The minimum absolute atomic E-state index is 0.365. The van der Waals surface area contributed by atoms with E-state index in [1.54, 1.807) is 6.07 Å². The molecule has 2 aromatic rings. The van der Waals surface area contributed by atoms with Gasteiger partial charge < -0.3 is 5.73 Å². The number of halogens is 4. The lowest BCUT2D eigenvalue weighted by molar-refractivity contribution is 0.599. The van der Waals surface area contributed by atoms with Crippen molar-refractivity contribution in [3.63, 3.8) is 0 Å². The first-order valence-electron chi connectivity index (χ1n) is 4.63. The molecule has 0 aliphatic heterocycles. The highest BCUT2D eigenvalue weighted by Gasteiger charge is 2.16. The molecule has 1 heterocycles. The van der Waals surface area contributed by atoms with Gasteiger partial charge in [0.1, 0.15) is 5.82 Å². The summed E-state index contributed by atoms with van der Waals surface area (Å²) >= 11 is 14.0. The molecule has 2 rings (SSSR count). The molecular weight excluding hydrogens is 392 g/mol. The second kappa shape index (κ2) is 5.36. The van der Waals surface area contributed by atoms with E-state index in [9.17, 15) is 4.39 Å². The Balaban J connectivity index is 2.43. The third-order valence-corrected chi connectivity index (χ3v) is 5.04. The number of rotatable bonds is 2. The average Bonchev–Trinajstić information content (AvgIpc) is 2.69. The monoisotopic (exact) mass is 397 g/mol. The third-order valence-electron chi connectivity index (χ3n) is 2.32. The molecule has 0 amide bonds. The number of hydrogen-bond acceptors (Lipinski definition) is 2. The smallest absolute Gasteiger partial charge is 0.129 e. The van der Waals surface area contributed by atoms with Crippen LogP contribution in [0.3, 0.4) is 0 Å². The van der Waals surface area contributed by atoms with Crippen LogP contribution in [0.1, 0.15) is 17.2 Å². The van der Waals surface area contributed by atoms with Crippen molar-refractivity contribution in [2.45, 2.75) is 6.04 Å². The fourth-order valence-corrected chi connectivity index (χ4v) is 3.14. The van der Waals surface area contributed by atoms with E-state index >= 15 is 0 Å². The van der Waals surface area contributed by atoms with Crippen LogP contribution in [0.15, 0.2) is 31.8 Å². The van der Waals surface area contributed by atoms with Gasteiger partial charge in [0.15, 0.2) is 0 Å². The second-order valence-corrected chi connectivity index (χ2v) is 7.00. The first-order valence-corrected chi connectivity index (χ1v) is 7.47. The van der Waals surface area contributed by atoms with Gasteiger partial charge in [-0.15, -0.1) is 11.3 Å². The first-order chi connectivity index (χ1) is 7.99. The molecule has 0 aliphatic rings. The minimum atomic E-state index is -0.511. The van der Waals surface area contributed by atoms with Gasteiger partial charge in [0.25, 0.3) is 0 Å². The number of thiophene rings is 1. The summed E-state index contributed by atoms with van der Waals surface area (Å²) in [7, 11) is 0. The second-order valence-electron chi connectivity index (χ2n) is 3.45. The van der Waals surface area contributed by atoms with E-state index < -0.39 is 6.04 Å². The Labute approximate surface area is 124 Å². The molecule has 6 heteroatoms. The summed E-state index contributed by atoms with van der Waals surface area (Å²) in [4.78, 5) is 0. The highest BCUT2D eigenvalue weighted by Crippen LogP contribution is 2.33. The number of nitrogens with two attached hydrogens (primary N) is 1. The van der Waals surface area contributed by atoms with Crippen molar-refractivity contribution in [1.82, 2.24) is 0 Å². The number of benzene rings is 1. The molecule has 0 bridgehead atoms. The summed E-state index contributed by atoms with van der Waals surface area (Å²) in [6.45, 7) is 0. The van der Waals surface area contributed by atoms with Crippen LogP contribution in [0.25, 0.3) is 0 Å². The molecule has 0 aliphatic carbocycles. The van der Waals surface area contributed by atoms with E-state index in [-0.39, 0.29) is 5.82 Å². The fraction of sp³-hybridized carbons (Fsp3) is 0.0909. The predicted molar refractivity (Wildman–Crippen MR) is 77.2 cm³/mol. The molecule has 2 N–H and O–H groups in total. The lowest BCUT2D eigenvalue weighted by atomic mass is 10.0. The molecule has 0 fully saturated rings. The molecule has 0 saturated heterocycles. The Hall–Kier alpha value is 0.0600. The number of hydrogen-bond donors (Lipinski definition) is 1. The topological polar surface area (TPSA) is 26.0 Å². The molecular formula is C11H7Br2ClFNS. The van der Waals surface area contributed by atoms with E-state index in [2.05, 4.69) is 31.9 Å². The van der Waals surface area contributed by atoms with Gasteiger partial charge in [-0.2, -0.15) is 0 Å². The lowest BCUT2D eigenvalue weighted by Gasteiger charge is -2.12. The van der Waals surface area contributed by atoms with Crippen molar-refractivity contribution < 1.29 is 4.39 Å². The standard InChI is InChI=1S/C11H7Br2ClFNS/c12-7-3-9(15)6(2-8(7)14)11(16)5-1-10(13)17-4-5/h1-4,11H,16H2. The van der Waals surface area contributed by atoms with Crippen LogP contribution < -0.4 is 5.73 Å². The van der Waals surface area contributed by atoms with Crippen LogP contribution in [0.5, 0.6) is 0 Å². The Bertz CT molecular complexity index is 558. The summed E-state index contributed by atoms with van der Waals surface area (Å²) in [6, 6.07) is 4.25. The van der Waals surface area contributed by atoms with Crippen molar-refractivity contribution in [3.8, 4) is 0 Å². The minimum Gasteiger partial charge on any atom is -0.320 e. The van der Waals surface area contributed by atoms with Gasteiger partial charge in [0, 0.05) is 10.0 Å². The van der Waals surface area contributed by atoms with Crippen LogP contribution in [-0.2, 0) is 0 Å². The molecule has 0 radical (unpaired) electrons. The molecule has 90 valence electrons. The van der Waals surface area contributed by atoms with Crippen molar-refractivity contribution >= 4 is 54.8 Å². The summed E-state index contributed by atoms with van der Waals surface area (Å²) in [6.07, 6.45) is 0. The molecule has 1 unspecified atom stereocenters. The van der Waals surface area contributed by atoms with Gasteiger partial charge in [-0.3, -0.25) is 0 Å². The summed E-state index contributed by atoms with van der Waals surface area (Å²) < 4.78 is 15.3. The van der Waals surface area contributed by atoms with E-state index in [4.69, 9.17) is 17.3 Å². The molecule has 1 atom stereocenters. The predicted octanol–water partition coefficient (Wildman–Crippen LogP) is 5.11.